The Labute approximate surface area is 227 Å². The normalized spacial score (nSPS) is 20.3. The van der Waals surface area contributed by atoms with Crippen LogP contribution in [0, 0.1) is 0 Å². The van der Waals surface area contributed by atoms with Gasteiger partial charge in [-0.15, -0.1) is 0 Å². The first-order valence-electron chi connectivity index (χ1n) is 13.0. The molecule has 11 heteroatoms. The van der Waals surface area contributed by atoms with E-state index < -0.39 is 10.1 Å². The van der Waals surface area contributed by atoms with E-state index in [1.807, 2.05) is 19.1 Å². The largest absolute Gasteiger partial charge is 0.444 e. The molecule has 0 saturated carbocycles. The monoisotopic (exact) mass is 552 g/mol. The maximum absolute atomic E-state index is 13.6. The first kappa shape index (κ1) is 26.8. The highest BCUT2D eigenvalue weighted by atomic mass is 32.3. The van der Waals surface area contributed by atoms with Gasteiger partial charge in [0.25, 0.3) is 5.91 Å². The predicted molar refractivity (Wildman–Crippen MR) is 149 cm³/mol. The molecule has 39 heavy (non-hydrogen) atoms. The lowest BCUT2D eigenvalue weighted by Crippen LogP contribution is -2.56. The van der Waals surface area contributed by atoms with Crippen molar-refractivity contribution in [2.24, 2.45) is 0 Å². The van der Waals surface area contributed by atoms with Gasteiger partial charge >= 0.3 is 6.09 Å². The summed E-state index contributed by atoms with van der Waals surface area (Å²) in [5, 5.41) is 0.783. The third-order valence-corrected chi connectivity index (χ3v) is 9.04. The Balaban J connectivity index is 1.23. The number of piperazine rings is 1. The molecule has 2 aromatic carbocycles. The van der Waals surface area contributed by atoms with Crippen LogP contribution in [-0.2, 0) is 24.4 Å². The Morgan fingerprint density at radius 1 is 1.13 bits per heavy atom. The summed E-state index contributed by atoms with van der Waals surface area (Å²) in [6.45, 7) is 4.15. The zero-order valence-corrected chi connectivity index (χ0v) is 22.6. The van der Waals surface area contributed by atoms with E-state index in [2.05, 4.69) is 9.71 Å². The zero-order valence-electron chi connectivity index (χ0n) is 21.7. The number of aromatic nitrogens is 1. The molecule has 2 aliphatic heterocycles. The van der Waals surface area contributed by atoms with Crippen molar-refractivity contribution >= 4 is 44.3 Å². The number of rotatable bonds is 6. The lowest BCUT2D eigenvalue weighted by molar-refractivity contribution is -0.0324. The average Bonchev–Trinajstić information content (AvgIpc) is 2.97. The molecule has 1 N–H and O–H groups in total. The van der Waals surface area contributed by atoms with Gasteiger partial charge in [0.1, 0.15) is 6.10 Å². The van der Waals surface area contributed by atoms with Crippen molar-refractivity contribution in [3.63, 3.8) is 0 Å². The van der Waals surface area contributed by atoms with E-state index in [0.29, 0.717) is 60.1 Å². The molecule has 206 valence electrons. The fourth-order valence-corrected chi connectivity index (χ4v) is 6.62. The lowest BCUT2D eigenvalue weighted by Gasteiger charge is -2.40. The molecular weight excluding hydrogens is 520 g/mol. The van der Waals surface area contributed by atoms with Gasteiger partial charge in [-0.05, 0) is 56.2 Å². The molecule has 0 aliphatic carbocycles. The van der Waals surface area contributed by atoms with Gasteiger partial charge in [0.15, 0.2) is 0 Å². The minimum Gasteiger partial charge on any atom is -0.444 e. The third-order valence-electron chi connectivity index (χ3n) is 7.08. The number of para-hydroxylation sites is 1. The summed E-state index contributed by atoms with van der Waals surface area (Å²) in [5.74, 6) is -0.167. The number of carbonyl (C=O) groups is 3. The number of hydrogen-bond acceptors (Lipinski definition) is 7. The summed E-state index contributed by atoms with van der Waals surface area (Å²) in [5.41, 5.74) is 1.83. The number of hydrogen-bond donors (Lipinski definition) is 2. The molecular formula is C28H32N4O6S. The Bertz CT molecular complexity index is 1400. The summed E-state index contributed by atoms with van der Waals surface area (Å²) in [7, 11) is -3.67. The quantitative estimate of drug-likeness (QED) is 0.356. The minimum absolute atomic E-state index is 0.167. The van der Waals surface area contributed by atoms with Gasteiger partial charge in [0.2, 0.25) is 5.62 Å². The summed E-state index contributed by atoms with van der Waals surface area (Å²) in [4.78, 5) is 45.9. The number of pyridine rings is 1. The second-order valence-corrected chi connectivity index (χ2v) is 12.1. The topological polar surface area (TPSA) is 118 Å². The number of benzene rings is 2. The van der Waals surface area contributed by atoms with Crippen LogP contribution in [0.2, 0.25) is 0 Å². The second kappa shape index (κ2) is 11.5. The Morgan fingerprint density at radius 2 is 1.92 bits per heavy atom. The molecule has 0 radical (unpaired) electrons. The van der Waals surface area contributed by atoms with Crippen LogP contribution in [0.25, 0.3) is 10.9 Å². The number of ether oxygens (including phenoxy) is 2. The van der Waals surface area contributed by atoms with Crippen molar-refractivity contribution in [2.45, 2.75) is 36.8 Å². The van der Waals surface area contributed by atoms with Crippen molar-refractivity contribution in [1.82, 2.24) is 14.8 Å². The Morgan fingerprint density at radius 3 is 2.64 bits per heavy atom. The van der Waals surface area contributed by atoms with E-state index in [1.165, 1.54) is 0 Å². The van der Waals surface area contributed by atoms with Crippen LogP contribution in [0.1, 0.15) is 30.1 Å². The minimum atomic E-state index is -3.67. The Kier molecular flexibility index (Phi) is 7.89. The molecule has 1 aromatic heterocycles. The zero-order chi connectivity index (χ0) is 27.4. The third kappa shape index (κ3) is 5.79. The summed E-state index contributed by atoms with van der Waals surface area (Å²) in [6, 6.07) is 15.2. The van der Waals surface area contributed by atoms with Gasteiger partial charge in [0.05, 0.1) is 17.0 Å². The van der Waals surface area contributed by atoms with E-state index in [-0.39, 0.29) is 24.1 Å². The van der Waals surface area contributed by atoms with E-state index in [9.17, 15) is 18.6 Å². The SMILES string of the molecule is C[C@@H]1CN(C(=O)OC2CCCOC2)CCN1C(=O)c1ccc(N[SH](=O)(C=O)c2cccc3cccnc23)cc1. The molecule has 10 nitrogen and oxygen atoms in total. The maximum atomic E-state index is 13.6. The van der Waals surface area contributed by atoms with Gasteiger partial charge in [0, 0.05) is 65.2 Å². The second-order valence-electron chi connectivity index (χ2n) is 9.82. The number of nitrogens with zero attached hydrogens (tertiary/aromatic N) is 3. The number of anilines is 1. The number of fused-ring (bicyclic) bond motifs is 1. The molecule has 2 aliphatic rings. The molecule has 0 spiro atoms. The van der Waals surface area contributed by atoms with Crippen LogP contribution in [0.15, 0.2) is 65.7 Å². The molecule has 1 unspecified atom stereocenters. The molecule has 5 rings (SSSR count). The highest BCUT2D eigenvalue weighted by molar-refractivity contribution is 8.16. The van der Waals surface area contributed by atoms with Crippen molar-refractivity contribution in [1.29, 1.82) is 0 Å². The van der Waals surface area contributed by atoms with Crippen molar-refractivity contribution in [3.05, 3.63) is 66.4 Å². The summed E-state index contributed by atoms with van der Waals surface area (Å²) in [6.07, 6.45) is 2.67. The standard InChI is InChI=1S/C28H32N4O6S/c1-20-17-31(28(35)38-24-7-4-16-37-18-24)14-15-32(20)27(34)22-9-11-23(12-10-22)30-39(36,19-33)25-8-2-5-21-6-3-13-29-26(21)25/h2-3,5-6,8-13,19-20,24,39H,4,7,14-18H2,1H3,(H,30,36)/t20-,24?/m1/s1. The van der Waals surface area contributed by atoms with Crippen LogP contribution in [0.5, 0.6) is 0 Å². The van der Waals surface area contributed by atoms with E-state index in [0.717, 1.165) is 18.2 Å². The van der Waals surface area contributed by atoms with Crippen molar-refractivity contribution in [2.75, 3.05) is 37.6 Å². The molecule has 2 fully saturated rings. The van der Waals surface area contributed by atoms with Crippen LogP contribution in [0.4, 0.5) is 10.5 Å². The fraction of sp³-hybridized carbons (Fsp3) is 0.357. The smallest absolute Gasteiger partial charge is 0.410 e. The van der Waals surface area contributed by atoms with E-state index in [1.54, 1.807) is 58.5 Å². The van der Waals surface area contributed by atoms with Crippen LogP contribution in [0.3, 0.4) is 0 Å². The van der Waals surface area contributed by atoms with Gasteiger partial charge in [-0.3, -0.25) is 18.8 Å². The van der Waals surface area contributed by atoms with Crippen LogP contribution >= 0.6 is 0 Å². The number of carbonyl (C=O) groups excluding carboxylic acids is 3. The van der Waals surface area contributed by atoms with Crippen LogP contribution < -0.4 is 4.72 Å². The van der Waals surface area contributed by atoms with Gasteiger partial charge in [-0.2, -0.15) is 0 Å². The molecule has 2 saturated heterocycles. The first-order valence-corrected chi connectivity index (χ1v) is 14.8. The number of amides is 2. The van der Waals surface area contributed by atoms with Crippen molar-refractivity contribution in [3.8, 4) is 0 Å². The molecule has 2 atom stereocenters. The van der Waals surface area contributed by atoms with Crippen LogP contribution in [-0.4, -0.2) is 81.6 Å². The highest BCUT2D eigenvalue weighted by Crippen LogP contribution is 2.27. The molecule has 0 bridgehead atoms. The first-order chi connectivity index (χ1) is 18.9. The average molecular weight is 553 g/mol. The maximum Gasteiger partial charge on any atom is 0.410 e. The van der Waals surface area contributed by atoms with Gasteiger partial charge in [-0.25, -0.2) is 4.79 Å². The van der Waals surface area contributed by atoms with E-state index >= 15 is 0 Å². The number of thiol groups is 1. The van der Waals surface area contributed by atoms with Gasteiger partial charge in [-0.1, -0.05) is 18.2 Å². The molecule has 3 heterocycles. The summed E-state index contributed by atoms with van der Waals surface area (Å²) < 4.78 is 27.5. The fourth-order valence-electron chi connectivity index (χ4n) is 4.99. The van der Waals surface area contributed by atoms with Crippen molar-refractivity contribution < 1.29 is 28.1 Å². The lowest BCUT2D eigenvalue weighted by atomic mass is 10.1. The van der Waals surface area contributed by atoms with E-state index in [4.69, 9.17) is 9.47 Å². The number of nitrogens with one attached hydrogen (secondary N) is 1. The summed E-state index contributed by atoms with van der Waals surface area (Å²) >= 11 is 0. The van der Waals surface area contributed by atoms with Gasteiger partial charge < -0.3 is 24.0 Å². The Hall–Kier alpha value is -3.83. The molecule has 3 aromatic rings. The molecule has 2 amide bonds. The highest BCUT2D eigenvalue weighted by Gasteiger charge is 2.32. The predicted octanol–water partition coefficient (Wildman–Crippen LogP) is 3.29.